The Bertz CT molecular complexity index is 652. The van der Waals surface area contributed by atoms with E-state index in [0.29, 0.717) is 13.1 Å². The molecule has 1 aliphatic heterocycles. The maximum Gasteiger partial charge on any atom is 0.244 e. The maximum atomic E-state index is 12.6. The van der Waals surface area contributed by atoms with Crippen molar-refractivity contribution in [2.45, 2.75) is 24.3 Å². The van der Waals surface area contributed by atoms with Crippen LogP contribution in [-0.2, 0) is 10.0 Å². The van der Waals surface area contributed by atoms with Gasteiger partial charge in [0.1, 0.15) is 4.90 Å². The lowest BCUT2D eigenvalue weighted by molar-refractivity contribution is 0.429. The van der Waals surface area contributed by atoms with Crippen LogP contribution in [0.3, 0.4) is 0 Å². The first-order chi connectivity index (χ1) is 9.36. The van der Waals surface area contributed by atoms with E-state index < -0.39 is 10.0 Å². The minimum atomic E-state index is -3.67. The summed E-state index contributed by atoms with van der Waals surface area (Å²) in [5, 5.41) is 9.01. The number of benzene rings is 1. The van der Waals surface area contributed by atoms with Gasteiger partial charge in [-0.2, -0.15) is 9.57 Å². The van der Waals surface area contributed by atoms with Crippen LogP contribution in [-0.4, -0.2) is 31.9 Å². The van der Waals surface area contributed by atoms with Crippen LogP contribution in [0.5, 0.6) is 0 Å². The maximum absolute atomic E-state index is 12.6. The third-order valence-electron chi connectivity index (χ3n) is 3.61. The van der Waals surface area contributed by atoms with Crippen molar-refractivity contribution in [1.82, 2.24) is 4.31 Å². The van der Waals surface area contributed by atoms with E-state index in [4.69, 9.17) is 22.6 Å². The zero-order chi connectivity index (χ0) is 14.9. The summed E-state index contributed by atoms with van der Waals surface area (Å²) in [7, 11) is -3.67. The summed E-state index contributed by atoms with van der Waals surface area (Å²) >= 11 is 5.98. The Morgan fingerprint density at radius 3 is 2.80 bits per heavy atom. The first-order valence-corrected chi connectivity index (χ1v) is 8.13. The minimum absolute atomic E-state index is 0.0106. The Morgan fingerprint density at radius 2 is 2.25 bits per heavy atom. The van der Waals surface area contributed by atoms with Crippen LogP contribution in [0, 0.1) is 17.2 Å². The van der Waals surface area contributed by atoms with Gasteiger partial charge in [-0.3, -0.25) is 0 Å². The van der Waals surface area contributed by atoms with Crippen molar-refractivity contribution in [1.29, 1.82) is 5.26 Å². The molecule has 2 rings (SSSR count). The summed E-state index contributed by atoms with van der Waals surface area (Å²) in [6.45, 7) is 2.71. The quantitative estimate of drug-likeness (QED) is 0.917. The SMILES string of the molecule is CC(N)C1CCN(S(=O)(=O)c2cc(C#N)ccc2Cl)C1. The van der Waals surface area contributed by atoms with Crippen LogP contribution < -0.4 is 5.73 Å². The molecular formula is C13H16ClN3O2S. The Balaban J connectivity index is 2.35. The predicted octanol–water partition coefficient (Wildman–Crippen LogP) is 1.57. The predicted molar refractivity (Wildman–Crippen MR) is 76.7 cm³/mol. The van der Waals surface area contributed by atoms with Crippen LogP contribution in [0.1, 0.15) is 18.9 Å². The molecule has 1 aliphatic rings. The van der Waals surface area contributed by atoms with Gasteiger partial charge in [-0.05, 0) is 37.5 Å². The Morgan fingerprint density at radius 1 is 1.55 bits per heavy atom. The van der Waals surface area contributed by atoms with Gasteiger partial charge in [-0.25, -0.2) is 8.42 Å². The van der Waals surface area contributed by atoms with E-state index in [1.165, 1.54) is 22.5 Å². The lowest BCUT2D eigenvalue weighted by atomic mass is 10.0. The normalized spacial score (nSPS) is 21.6. The summed E-state index contributed by atoms with van der Waals surface area (Å²) < 4.78 is 26.6. The third-order valence-corrected chi connectivity index (χ3v) is 5.96. The number of nitriles is 1. The smallest absolute Gasteiger partial charge is 0.244 e. The molecule has 1 aromatic rings. The van der Waals surface area contributed by atoms with Gasteiger partial charge in [-0.1, -0.05) is 11.6 Å². The van der Waals surface area contributed by atoms with Gasteiger partial charge in [0.2, 0.25) is 10.0 Å². The summed E-state index contributed by atoms with van der Waals surface area (Å²) in [4.78, 5) is -0.0106. The highest BCUT2D eigenvalue weighted by Crippen LogP contribution is 2.30. The summed E-state index contributed by atoms with van der Waals surface area (Å²) in [5.41, 5.74) is 6.10. The highest BCUT2D eigenvalue weighted by molar-refractivity contribution is 7.89. The van der Waals surface area contributed by atoms with E-state index >= 15 is 0 Å². The molecule has 20 heavy (non-hydrogen) atoms. The van der Waals surface area contributed by atoms with E-state index in [1.54, 1.807) is 0 Å². The number of halogens is 1. The van der Waals surface area contributed by atoms with Gasteiger partial charge < -0.3 is 5.73 Å². The number of nitrogens with zero attached hydrogens (tertiary/aromatic N) is 2. The summed E-state index contributed by atoms with van der Waals surface area (Å²) in [6.07, 6.45) is 0.743. The number of sulfonamides is 1. The molecule has 0 saturated carbocycles. The summed E-state index contributed by atoms with van der Waals surface area (Å²) in [6, 6.07) is 6.13. The molecule has 5 nitrogen and oxygen atoms in total. The lowest BCUT2D eigenvalue weighted by Crippen LogP contribution is -2.33. The van der Waals surface area contributed by atoms with Crippen LogP contribution in [0.25, 0.3) is 0 Å². The van der Waals surface area contributed by atoms with Crippen LogP contribution in [0.15, 0.2) is 23.1 Å². The topological polar surface area (TPSA) is 87.2 Å². The van der Waals surface area contributed by atoms with Crippen molar-refractivity contribution in [2.24, 2.45) is 11.7 Å². The minimum Gasteiger partial charge on any atom is -0.328 e. The van der Waals surface area contributed by atoms with Crippen molar-refractivity contribution in [3.63, 3.8) is 0 Å². The molecule has 0 amide bonds. The van der Waals surface area contributed by atoms with E-state index in [-0.39, 0.29) is 27.4 Å². The first kappa shape index (κ1) is 15.3. The van der Waals surface area contributed by atoms with Gasteiger partial charge in [0, 0.05) is 19.1 Å². The molecule has 1 saturated heterocycles. The molecule has 1 fully saturated rings. The van der Waals surface area contributed by atoms with E-state index in [2.05, 4.69) is 0 Å². The fourth-order valence-corrected chi connectivity index (χ4v) is 4.32. The Labute approximate surface area is 124 Å². The Hall–Kier alpha value is -1.13. The molecule has 1 heterocycles. The van der Waals surface area contributed by atoms with Crippen LogP contribution >= 0.6 is 11.6 Å². The number of nitrogens with two attached hydrogens (primary N) is 1. The van der Waals surface area contributed by atoms with E-state index in [0.717, 1.165) is 6.42 Å². The van der Waals surface area contributed by atoms with Crippen LogP contribution in [0.4, 0.5) is 0 Å². The molecule has 7 heteroatoms. The zero-order valence-electron chi connectivity index (χ0n) is 11.1. The molecular weight excluding hydrogens is 298 g/mol. The molecule has 2 atom stereocenters. The number of hydrogen-bond acceptors (Lipinski definition) is 4. The number of hydrogen-bond donors (Lipinski definition) is 1. The average Bonchev–Trinajstić information content (AvgIpc) is 2.89. The van der Waals surface area contributed by atoms with Gasteiger partial charge >= 0.3 is 0 Å². The van der Waals surface area contributed by atoms with Crippen molar-refractivity contribution in [3.05, 3.63) is 28.8 Å². The lowest BCUT2D eigenvalue weighted by Gasteiger charge is -2.18. The standard InChI is InChI=1S/C13H16ClN3O2S/c1-9(16)11-4-5-17(8-11)20(18,19)13-6-10(7-15)2-3-12(13)14/h2-3,6,9,11H,4-5,8,16H2,1H3. The van der Waals surface area contributed by atoms with E-state index in [1.807, 2.05) is 13.0 Å². The van der Waals surface area contributed by atoms with Gasteiger partial charge in [0.05, 0.1) is 16.7 Å². The fraction of sp³-hybridized carbons (Fsp3) is 0.462. The monoisotopic (exact) mass is 313 g/mol. The molecule has 2 unspecified atom stereocenters. The third kappa shape index (κ3) is 2.81. The zero-order valence-corrected chi connectivity index (χ0v) is 12.7. The fourth-order valence-electron chi connectivity index (χ4n) is 2.31. The van der Waals surface area contributed by atoms with Gasteiger partial charge in [0.25, 0.3) is 0 Å². The molecule has 0 bridgehead atoms. The van der Waals surface area contributed by atoms with Crippen molar-refractivity contribution in [2.75, 3.05) is 13.1 Å². The average molecular weight is 314 g/mol. The van der Waals surface area contributed by atoms with Crippen molar-refractivity contribution in [3.8, 4) is 6.07 Å². The second-order valence-corrected chi connectivity index (χ2v) is 7.34. The van der Waals surface area contributed by atoms with Crippen molar-refractivity contribution < 1.29 is 8.42 Å². The molecule has 0 aliphatic carbocycles. The first-order valence-electron chi connectivity index (χ1n) is 6.31. The molecule has 108 valence electrons. The largest absolute Gasteiger partial charge is 0.328 e. The van der Waals surface area contributed by atoms with Gasteiger partial charge in [0.15, 0.2) is 0 Å². The molecule has 0 aromatic heterocycles. The molecule has 2 N–H and O–H groups in total. The number of rotatable bonds is 3. The summed E-state index contributed by atoms with van der Waals surface area (Å²) in [5.74, 6) is 0.155. The molecule has 0 spiro atoms. The van der Waals surface area contributed by atoms with E-state index in [9.17, 15) is 8.42 Å². The van der Waals surface area contributed by atoms with Crippen molar-refractivity contribution >= 4 is 21.6 Å². The van der Waals surface area contributed by atoms with Crippen LogP contribution in [0.2, 0.25) is 5.02 Å². The Kier molecular flexibility index (Phi) is 4.35. The highest BCUT2D eigenvalue weighted by atomic mass is 35.5. The highest BCUT2D eigenvalue weighted by Gasteiger charge is 2.35. The van der Waals surface area contributed by atoms with Gasteiger partial charge in [-0.15, -0.1) is 0 Å². The second kappa shape index (κ2) is 5.70. The second-order valence-electron chi connectivity index (χ2n) is 5.03. The molecule has 1 aromatic carbocycles. The molecule has 0 radical (unpaired) electrons.